The molecule has 0 heterocycles. The summed E-state index contributed by atoms with van der Waals surface area (Å²) < 4.78 is 14.6. The molecule has 5 heteroatoms. The van der Waals surface area contributed by atoms with Crippen LogP contribution in [0.25, 0.3) is 0 Å². The zero-order valence-corrected chi connectivity index (χ0v) is 14.8. The summed E-state index contributed by atoms with van der Waals surface area (Å²) >= 11 is 3.39. The highest BCUT2D eigenvalue weighted by atomic mass is 79.9. The van der Waals surface area contributed by atoms with Gasteiger partial charge in [-0.15, -0.1) is 0 Å². The molecular formula is C18H20BrFN2O. The number of benzene rings is 2. The molecule has 0 aliphatic heterocycles. The molecule has 0 aliphatic rings. The monoisotopic (exact) mass is 378 g/mol. The molecule has 0 saturated carbocycles. The van der Waals surface area contributed by atoms with Gasteiger partial charge in [0, 0.05) is 16.6 Å². The van der Waals surface area contributed by atoms with Gasteiger partial charge in [0.05, 0.1) is 12.6 Å². The first kappa shape index (κ1) is 17.6. The van der Waals surface area contributed by atoms with Crippen LogP contribution in [0, 0.1) is 5.82 Å². The first-order valence-electron chi connectivity index (χ1n) is 7.42. The van der Waals surface area contributed by atoms with Crippen LogP contribution < -0.4 is 5.32 Å². The second-order valence-electron chi connectivity index (χ2n) is 5.60. The molecule has 3 nitrogen and oxygen atoms in total. The first-order valence-corrected chi connectivity index (χ1v) is 8.22. The maximum Gasteiger partial charge on any atom is 0.234 e. The number of amides is 1. The zero-order chi connectivity index (χ0) is 16.8. The van der Waals surface area contributed by atoms with E-state index in [2.05, 4.69) is 21.2 Å². The number of rotatable bonds is 6. The predicted octanol–water partition coefficient (Wildman–Crippen LogP) is 3.90. The topological polar surface area (TPSA) is 32.3 Å². The van der Waals surface area contributed by atoms with Crippen molar-refractivity contribution in [3.8, 4) is 0 Å². The van der Waals surface area contributed by atoms with E-state index in [1.807, 2.05) is 31.2 Å². The summed E-state index contributed by atoms with van der Waals surface area (Å²) in [5.41, 5.74) is 1.63. The van der Waals surface area contributed by atoms with E-state index >= 15 is 0 Å². The highest BCUT2D eigenvalue weighted by Crippen LogP contribution is 2.16. The molecule has 2 aromatic carbocycles. The van der Waals surface area contributed by atoms with Crippen molar-refractivity contribution in [2.75, 3.05) is 13.6 Å². The van der Waals surface area contributed by atoms with Gasteiger partial charge < -0.3 is 5.32 Å². The average molecular weight is 379 g/mol. The molecule has 1 N–H and O–H groups in total. The fraction of sp³-hybridized carbons (Fsp3) is 0.278. The molecule has 0 aliphatic carbocycles. The lowest BCUT2D eigenvalue weighted by Gasteiger charge is -2.19. The molecule has 0 fully saturated rings. The molecule has 1 amide bonds. The summed E-state index contributed by atoms with van der Waals surface area (Å²) in [7, 11) is 1.80. The third-order valence-electron chi connectivity index (χ3n) is 3.56. The van der Waals surface area contributed by atoms with Gasteiger partial charge in [-0.1, -0.05) is 46.3 Å². The van der Waals surface area contributed by atoms with Crippen molar-refractivity contribution in [1.29, 1.82) is 0 Å². The van der Waals surface area contributed by atoms with Crippen LogP contribution in [0.15, 0.2) is 53.0 Å². The Kier molecular flexibility index (Phi) is 6.30. The minimum absolute atomic E-state index is 0.0718. The van der Waals surface area contributed by atoms with Gasteiger partial charge in [-0.25, -0.2) is 4.39 Å². The van der Waals surface area contributed by atoms with Crippen molar-refractivity contribution in [2.24, 2.45) is 0 Å². The molecular weight excluding hydrogens is 359 g/mol. The summed E-state index contributed by atoms with van der Waals surface area (Å²) in [5.74, 6) is -0.331. The number of hydrogen-bond acceptors (Lipinski definition) is 2. The van der Waals surface area contributed by atoms with Crippen molar-refractivity contribution >= 4 is 21.8 Å². The Morgan fingerprint density at radius 1 is 1.22 bits per heavy atom. The minimum Gasteiger partial charge on any atom is -0.348 e. The number of hydrogen-bond donors (Lipinski definition) is 1. The molecule has 122 valence electrons. The van der Waals surface area contributed by atoms with E-state index < -0.39 is 0 Å². The van der Waals surface area contributed by atoms with Crippen LogP contribution in [0.1, 0.15) is 24.1 Å². The second kappa shape index (κ2) is 8.22. The zero-order valence-electron chi connectivity index (χ0n) is 13.2. The first-order chi connectivity index (χ1) is 11.0. The highest BCUT2D eigenvalue weighted by molar-refractivity contribution is 9.10. The van der Waals surface area contributed by atoms with Crippen molar-refractivity contribution in [3.63, 3.8) is 0 Å². The van der Waals surface area contributed by atoms with Gasteiger partial charge in [-0.3, -0.25) is 9.69 Å². The summed E-state index contributed by atoms with van der Waals surface area (Å²) in [6, 6.07) is 14.4. The Balaban J connectivity index is 1.86. The Bertz CT molecular complexity index is 660. The van der Waals surface area contributed by atoms with E-state index in [1.54, 1.807) is 30.1 Å². The summed E-state index contributed by atoms with van der Waals surface area (Å²) in [6.45, 7) is 2.56. The number of carbonyl (C=O) groups is 1. The highest BCUT2D eigenvalue weighted by Gasteiger charge is 2.13. The molecule has 2 aromatic rings. The largest absolute Gasteiger partial charge is 0.348 e. The SMILES string of the molecule is C[C@@H](NC(=O)CN(C)Cc1ccccc1F)c1ccc(Br)cc1. The normalized spacial score (nSPS) is 12.2. The molecule has 0 radical (unpaired) electrons. The third kappa shape index (κ3) is 5.44. The minimum atomic E-state index is -0.247. The lowest BCUT2D eigenvalue weighted by Crippen LogP contribution is -2.36. The lowest BCUT2D eigenvalue weighted by atomic mass is 10.1. The summed E-state index contributed by atoms with van der Waals surface area (Å²) in [5, 5.41) is 2.96. The smallest absolute Gasteiger partial charge is 0.234 e. The number of likely N-dealkylation sites (N-methyl/N-ethyl adjacent to an activating group) is 1. The number of halogens is 2. The van der Waals surface area contributed by atoms with Crippen LogP contribution in [0.4, 0.5) is 4.39 Å². The van der Waals surface area contributed by atoms with Gasteiger partial charge >= 0.3 is 0 Å². The van der Waals surface area contributed by atoms with E-state index in [-0.39, 0.29) is 24.3 Å². The van der Waals surface area contributed by atoms with Crippen LogP contribution in [0.3, 0.4) is 0 Å². The molecule has 0 spiro atoms. The van der Waals surface area contributed by atoms with Crippen LogP contribution in [-0.2, 0) is 11.3 Å². The van der Waals surface area contributed by atoms with Crippen LogP contribution in [-0.4, -0.2) is 24.4 Å². The van der Waals surface area contributed by atoms with Crippen LogP contribution >= 0.6 is 15.9 Å². The molecule has 1 atom stereocenters. The molecule has 0 saturated heterocycles. The van der Waals surface area contributed by atoms with Gasteiger partial charge in [0.15, 0.2) is 0 Å². The van der Waals surface area contributed by atoms with Crippen molar-refractivity contribution < 1.29 is 9.18 Å². The fourth-order valence-electron chi connectivity index (χ4n) is 2.34. The van der Waals surface area contributed by atoms with Gasteiger partial charge in [-0.05, 0) is 37.7 Å². The fourth-order valence-corrected chi connectivity index (χ4v) is 2.60. The lowest BCUT2D eigenvalue weighted by molar-refractivity contribution is -0.122. The molecule has 23 heavy (non-hydrogen) atoms. The molecule has 0 bridgehead atoms. The third-order valence-corrected chi connectivity index (χ3v) is 4.09. The van der Waals surface area contributed by atoms with Gasteiger partial charge in [0.2, 0.25) is 5.91 Å². The van der Waals surface area contributed by atoms with E-state index in [0.29, 0.717) is 12.1 Å². The number of nitrogens with one attached hydrogen (secondary N) is 1. The van der Waals surface area contributed by atoms with Gasteiger partial charge in [0.1, 0.15) is 5.82 Å². The van der Waals surface area contributed by atoms with Gasteiger partial charge in [-0.2, -0.15) is 0 Å². The standard InChI is InChI=1S/C18H20BrFN2O/c1-13(14-7-9-16(19)10-8-14)21-18(23)12-22(2)11-15-5-3-4-6-17(15)20/h3-10,13H,11-12H2,1-2H3,(H,21,23)/t13-/m1/s1. The Morgan fingerprint density at radius 3 is 2.52 bits per heavy atom. The van der Waals surface area contributed by atoms with Crippen LogP contribution in [0.2, 0.25) is 0 Å². The quantitative estimate of drug-likeness (QED) is 0.826. The average Bonchev–Trinajstić information content (AvgIpc) is 2.50. The number of nitrogens with zero attached hydrogens (tertiary/aromatic N) is 1. The maximum atomic E-state index is 13.6. The van der Waals surface area contributed by atoms with Crippen LogP contribution in [0.5, 0.6) is 0 Å². The van der Waals surface area contributed by atoms with Crippen molar-refractivity contribution in [2.45, 2.75) is 19.5 Å². The Morgan fingerprint density at radius 2 is 1.87 bits per heavy atom. The van der Waals surface area contributed by atoms with E-state index in [4.69, 9.17) is 0 Å². The van der Waals surface area contributed by atoms with E-state index in [0.717, 1.165) is 10.0 Å². The number of carbonyl (C=O) groups excluding carboxylic acids is 1. The van der Waals surface area contributed by atoms with Crippen molar-refractivity contribution in [3.05, 3.63) is 69.9 Å². The van der Waals surface area contributed by atoms with E-state index in [9.17, 15) is 9.18 Å². The molecule has 0 aromatic heterocycles. The maximum absolute atomic E-state index is 13.6. The van der Waals surface area contributed by atoms with E-state index in [1.165, 1.54) is 6.07 Å². The van der Waals surface area contributed by atoms with Gasteiger partial charge in [0.25, 0.3) is 0 Å². The second-order valence-corrected chi connectivity index (χ2v) is 6.52. The molecule has 0 unspecified atom stereocenters. The predicted molar refractivity (Wildman–Crippen MR) is 93.4 cm³/mol. The van der Waals surface area contributed by atoms with Crippen molar-refractivity contribution in [1.82, 2.24) is 10.2 Å². The summed E-state index contributed by atoms with van der Waals surface area (Å²) in [4.78, 5) is 13.9. The summed E-state index contributed by atoms with van der Waals surface area (Å²) in [6.07, 6.45) is 0. The molecule has 2 rings (SSSR count). The Labute approximate surface area is 144 Å². The Hall–Kier alpha value is -1.72.